The molecule has 0 radical (unpaired) electrons. The third-order valence-electron chi connectivity index (χ3n) is 4.15. The molecule has 106 valence electrons. The number of rotatable bonds is 6. The van der Waals surface area contributed by atoms with Gasteiger partial charge in [-0.3, -0.25) is 4.79 Å². The van der Waals surface area contributed by atoms with Crippen molar-refractivity contribution in [1.82, 2.24) is 5.32 Å². The summed E-state index contributed by atoms with van der Waals surface area (Å²) in [5.41, 5.74) is 1.30. The number of hydrogen-bond acceptors (Lipinski definition) is 3. The Kier molecular flexibility index (Phi) is 4.63. The van der Waals surface area contributed by atoms with Crippen molar-refractivity contribution in [2.45, 2.75) is 45.6 Å². The smallest absolute Gasteiger partial charge is 0.223 e. The third kappa shape index (κ3) is 3.37. The minimum Gasteiger partial charge on any atom is -0.391 e. The third-order valence-corrected chi connectivity index (χ3v) is 5.30. The lowest BCUT2D eigenvalue weighted by Gasteiger charge is -2.17. The first kappa shape index (κ1) is 14.5. The fourth-order valence-electron chi connectivity index (χ4n) is 2.35. The van der Waals surface area contributed by atoms with Gasteiger partial charge in [-0.15, -0.1) is 11.3 Å². The maximum atomic E-state index is 12.0. The van der Waals surface area contributed by atoms with Crippen LogP contribution in [0.2, 0.25) is 0 Å². The van der Waals surface area contributed by atoms with E-state index in [0.29, 0.717) is 12.5 Å². The minimum atomic E-state index is -0.436. The van der Waals surface area contributed by atoms with E-state index < -0.39 is 6.10 Å². The summed E-state index contributed by atoms with van der Waals surface area (Å²) in [6.07, 6.45) is 1.44. The second kappa shape index (κ2) is 6.06. The van der Waals surface area contributed by atoms with Crippen molar-refractivity contribution in [3.8, 4) is 0 Å². The zero-order chi connectivity index (χ0) is 14.0. The molecule has 2 N–H and O–H groups in total. The van der Waals surface area contributed by atoms with Crippen molar-refractivity contribution in [2.75, 3.05) is 6.54 Å². The number of amides is 1. The van der Waals surface area contributed by atoms with E-state index in [9.17, 15) is 9.90 Å². The molecule has 1 fully saturated rings. The Hall–Kier alpha value is -0.870. The zero-order valence-corrected chi connectivity index (χ0v) is 12.7. The van der Waals surface area contributed by atoms with Crippen LogP contribution in [-0.4, -0.2) is 23.7 Å². The standard InChI is InChI=1S/C15H23NO2S/c1-4-9(2)13(17)8-16-15(18)12-7-11(12)14-10(3)5-6-19-14/h5-6,9,11-13,17H,4,7-8H2,1-3H3,(H,16,18). The summed E-state index contributed by atoms with van der Waals surface area (Å²) >= 11 is 1.74. The van der Waals surface area contributed by atoms with Crippen LogP contribution in [0.1, 0.15) is 43.0 Å². The molecule has 4 heteroatoms. The maximum absolute atomic E-state index is 12.0. The van der Waals surface area contributed by atoms with Crippen LogP contribution in [0.5, 0.6) is 0 Å². The number of thiophene rings is 1. The van der Waals surface area contributed by atoms with E-state index in [0.717, 1.165) is 12.8 Å². The Labute approximate surface area is 119 Å². The Morgan fingerprint density at radius 1 is 1.63 bits per heavy atom. The van der Waals surface area contributed by atoms with Gasteiger partial charge in [-0.2, -0.15) is 0 Å². The van der Waals surface area contributed by atoms with Crippen LogP contribution in [0.3, 0.4) is 0 Å². The molecule has 3 nitrogen and oxygen atoms in total. The molecule has 4 unspecified atom stereocenters. The molecule has 1 aromatic rings. The Morgan fingerprint density at radius 2 is 2.37 bits per heavy atom. The van der Waals surface area contributed by atoms with Crippen LogP contribution in [0, 0.1) is 18.8 Å². The van der Waals surface area contributed by atoms with E-state index in [1.54, 1.807) is 11.3 Å². The van der Waals surface area contributed by atoms with Gasteiger partial charge in [0.05, 0.1) is 6.10 Å². The molecule has 1 aromatic heterocycles. The molecular formula is C15H23NO2S. The average Bonchev–Trinajstić information content (AvgIpc) is 3.09. The summed E-state index contributed by atoms with van der Waals surface area (Å²) in [6, 6.07) is 2.11. The minimum absolute atomic E-state index is 0.0974. The highest BCUT2D eigenvalue weighted by Gasteiger charge is 2.45. The van der Waals surface area contributed by atoms with E-state index >= 15 is 0 Å². The van der Waals surface area contributed by atoms with Crippen LogP contribution in [0.15, 0.2) is 11.4 Å². The quantitative estimate of drug-likeness (QED) is 0.842. The SMILES string of the molecule is CCC(C)C(O)CNC(=O)C1CC1c1sccc1C. The lowest BCUT2D eigenvalue weighted by atomic mass is 10.0. The van der Waals surface area contributed by atoms with Gasteiger partial charge in [0.15, 0.2) is 0 Å². The molecule has 1 aliphatic rings. The fraction of sp³-hybridized carbons (Fsp3) is 0.667. The fourth-order valence-corrected chi connectivity index (χ4v) is 3.46. The predicted octanol–water partition coefficient (Wildman–Crippen LogP) is 2.68. The Morgan fingerprint density at radius 3 is 2.95 bits per heavy atom. The number of aryl methyl sites for hydroxylation is 1. The summed E-state index contributed by atoms with van der Waals surface area (Å²) < 4.78 is 0. The van der Waals surface area contributed by atoms with Gasteiger partial charge >= 0.3 is 0 Å². The van der Waals surface area contributed by atoms with Crippen LogP contribution >= 0.6 is 11.3 Å². The topological polar surface area (TPSA) is 49.3 Å². The molecule has 0 saturated heterocycles. The van der Waals surface area contributed by atoms with E-state index in [4.69, 9.17) is 0 Å². The molecule has 1 heterocycles. The summed E-state index contributed by atoms with van der Waals surface area (Å²) in [4.78, 5) is 13.4. The number of carbonyl (C=O) groups is 1. The Bertz CT molecular complexity index is 443. The predicted molar refractivity (Wildman–Crippen MR) is 78.4 cm³/mol. The second-order valence-electron chi connectivity index (χ2n) is 5.61. The molecule has 1 saturated carbocycles. The van der Waals surface area contributed by atoms with Crippen molar-refractivity contribution < 1.29 is 9.90 Å². The molecule has 4 atom stereocenters. The summed E-state index contributed by atoms with van der Waals surface area (Å²) in [5, 5.41) is 14.8. The molecule has 0 bridgehead atoms. The van der Waals surface area contributed by atoms with Crippen molar-refractivity contribution in [2.24, 2.45) is 11.8 Å². The lowest BCUT2D eigenvalue weighted by molar-refractivity contribution is -0.123. The van der Waals surface area contributed by atoms with Gasteiger partial charge in [0.1, 0.15) is 0 Å². The summed E-state index contributed by atoms with van der Waals surface area (Å²) in [7, 11) is 0. The highest BCUT2D eigenvalue weighted by atomic mass is 32.1. The molecule has 1 amide bonds. The van der Waals surface area contributed by atoms with Gasteiger partial charge in [0, 0.05) is 23.3 Å². The normalized spacial score (nSPS) is 24.8. The van der Waals surface area contributed by atoms with E-state index in [1.165, 1.54) is 10.4 Å². The van der Waals surface area contributed by atoms with Gasteiger partial charge in [-0.05, 0) is 36.3 Å². The van der Waals surface area contributed by atoms with Gasteiger partial charge in [0.2, 0.25) is 5.91 Å². The number of nitrogens with one attached hydrogen (secondary N) is 1. The van der Waals surface area contributed by atoms with E-state index in [1.807, 2.05) is 13.8 Å². The first-order valence-corrected chi connectivity index (χ1v) is 7.92. The molecule has 2 rings (SSSR count). The van der Waals surface area contributed by atoms with Crippen LogP contribution < -0.4 is 5.32 Å². The molecule has 0 aliphatic heterocycles. The molecule has 0 aromatic carbocycles. The zero-order valence-electron chi connectivity index (χ0n) is 11.8. The molecule has 19 heavy (non-hydrogen) atoms. The lowest BCUT2D eigenvalue weighted by Crippen LogP contribution is -2.36. The maximum Gasteiger partial charge on any atom is 0.223 e. The molecular weight excluding hydrogens is 258 g/mol. The second-order valence-corrected chi connectivity index (χ2v) is 6.56. The van der Waals surface area contributed by atoms with E-state index in [2.05, 4.69) is 23.7 Å². The van der Waals surface area contributed by atoms with Gasteiger partial charge < -0.3 is 10.4 Å². The van der Waals surface area contributed by atoms with Crippen molar-refractivity contribution in [3.63, 3.8) is 0 Å². The summed E-state index contributed by atoms with van der Waals surface area (Å²) in [5.74, 6) is 0.845. The number of aliphatic hydroxyl groups is 1. The van der Waals surface area contributed by atoms with Crippen LogP contribution in [0.4, 0.5) is 0 Å². The van der Waals surface area contributed by atoms with Crippen molar-refractivity contribution in [3.05, 3.63) is 21.9 Å². The Balaban J connectivity index is 1.79. The van der Waals surface area contributed by atoms with Gasteiger partial charge in [-0.25, -0.2) is 0 Å². The number of carbonyl (C=O) groups excluding carboxylic acids is 1. The first-order valence-electron chi connectivity index (χ1n) is 7.04. The van der Waals surface area contributed by atoms with Crippen molar-refractivity contribution in [1.29, 1.82) is 0 Å². The number of hydrogen-bond donors (Lipinski definition) is 2. The average molecular weight is 281 g/mol. The van der Waals surface area contributed by atoms with Crippen LogP contribution in [0.25, 0.3) is 0 Å². The summed E-state index contributed by atoms with van der Waals surface area (Å²) in [6.45, 7) is 6.53. The highest BCUT2D eigenvalue weighted by Crippen LogP contribution is 2.50. The largest absolute Gasteiger partial charge is 0.391 e. The van der Waals surface area contributed by atoms with Crippen LogP contribution in [-0.2, 0) is 4.79 Å². The van der Waals surface area contributed by atoms with Gasteiger partial charge in [-0.1, -0.05) is 20.3 Å². The number of aliphatic hydroxyl groups excluding tert-OH is 1. The van der Waals surface area contributed by atoms with Gasteiger partial charge in [0.25, 0.3) is 0 Å². The molecule has 0 spiro atoms. The van der Waals surface area contributed by atoms with E-state index in [-0.39, 0.29) is 17.7 Å². The monoisotopic (exact) mass is 281 g/mol. The molecule has 1 aliphatic carbocycles. The first-order chi connectivity index (χ1) is 9.04. The highest BCUT2D eigenvalue weighted by molar-refractivity contribution is 7.10. The van der Waals surface area contributed by atoms with Crippen molar-refractivity contribution >= 4 is 17.2 Å².